The Kier molecular flexibility index (Phi) is 3.54. The molecule has 0 radical (unpaired) electrons. The van der Waals surface area contributed by atoms with Crippen LogP contribution in [0.3, 0.4) is 0 Å². The third kappa shape index (κ3) is 2.58. The Balaban J connectivity index is 2.19. The van der Waals surface area contributed by atoms with E-state index in [2.05, 4.69) is 4.98 Å². The van der Waals surface area contributed by atoms with Crippen molar-refractivity contribution in [3.63, 3.8) is 0 Å². The first-order valence-corrected chi connectivity index (χ1v) is 6.78. The first-order valence-electron chi connectivity index (χ1n) is 6.78. The molecule has 106 valence electrons. The zero-order valence-corrected chi connectivity index (χ0v) is 12.0. The van der Waals surface area contributed by atoms with Gasteiger partial charge in [-0.3, -0.25) is 4.90 Å². The molecular formula is C17H16N2O2. The molecule has 0 fully saturated rings. The van der Waals surface area contributed by atoms with Crippen LogP contribution in [0.1, 0.15) is 17.5 Å². The van der Waals surface area contributed by atoms with E-state index >= 15 is 0 Å². The van der Waals surface area contributed by atoms with Gasteiger partial charge < -0.3 is 4.42 Å². The minimum atomic E-state index is -0.349. The van der Waals surface area contributed by atoms with E-state index in [0.717, 1.165) is 5.56 Å². The lowest BCUT2D eigenvalue weighted by atomic mass is 10.1. The van der Waals surface area contributed by atoms with Crippen molar-refractivity contribution in [2.45, 2.75) is 6.04 Å². The van der Waals surface area contributed by atoms with E-state index in [1.165, 1.54) is 0 Å². The van der Waals surface area contributed by atoms with Gasteiger partial charge in [0, 0.05) is 0 Å². The standard InChI is InChI=1S/C17H16N2O2/c1-19(2)15(12-8-4-3-5-9-12)16-18-14-11-7-6-10-13(14)17(20)21-16/h3-11,15H,1-2H3. The summed E-state index contributed by atoms with van der Waals surface area (Å²) in [4.78, 5) is 18.6. The maximum Gasteiger partial charge on any atom is 0.346 e. The fourth-order valence-corrected chi connectivity index (χ4v) is 2.45. The molecule has 0 aliphatic rings. The van der Waals surface area contributed by atoms with Gasteiger partial charge in [-0.25, -0.2) is 9.78 Å². The van der Waals surface area contributed by atoms with Crippen molar-refractivity contribution in [1.82, 2.24) is 9.88 Å². The van der Waals surface area contributed by atoms with E-state index in [4.69, 9.17) is 4.42 Å². The molecule has 4 heteroatoms. The van der Waals surface area contributed by atoms with Gasteiger partial charge in [-0.05, 0) is 31.8 Å². The Hall–Kier alpha value is -2.46. The van der Waals surface area contributed by atoms with Crippen LogP contribution in [-0.4, -0.2) is 24.0 Å². The number of nitrogens with zero attached hydrogens (tertiary/aromatic N) is 2. The zero-order chi connectivity index (χ0) is 14.8. The number of rotatable bonds is 3. The third-order valence-electron chi connectivity index (χ3n) is 3.42. The Morgan fingerprint density at radius 3 is 2.38 bits per heavy atom. The minimum Gasteiger partial charge on any atom is -0.406 e. The van der Waals surface area contributed by atoms with E-state index in [9.17, 15) is 4.79 Å². The number of hydrogen-bond donors (Lipinski definition) is 0. The second kappa shape index (κ2) is 5.50. The van der Waals surface area contributed by atoms with Gasteiger partial charge in [0.15, 0.2) is 0 Å². The van der Waals surface area contributed by atoms with Crippen molar-refractivity contribution in [1.29, 1.82) is 0 Å². The van der Waals surface area contributed by atoms with Gasteiger partial charge in [0.25, 0.3) is 0 Å². The van der Waals surface area contributed by atoms with Crippen LogP contribution in [0.4, 0.5) is 0 Å². The third-order valence-corrected chi connectivity index (χ3v) is 3.42. The lowest BCUT2D eigenvalue weighted by Crippen LogP contribution is -2.23. The monoisotopic (exact) mass is 280 g/mol. The maximum absolute atomic E-state index is 12.1. The fourth-order valence-electron chi connectivity index (χ4n) is 2.45. The van der Waals surface area contributed by atoms with Crippen LogP contribution in [0.2, 0.25) is 0 Å². The lowest BCUT2D eigenvalue weighted by Gasteiger charge is -2.22. The molecule has 0 aliphatic heterocycles. The summed E-state index contributed by atoms with van der Waals surface area (Å²) in [5, 5.41) is 0.506. The van der Waals surface area contributed by atoms with Crippen LogP contribution < -0.4 is 5.63 Å². The highest BCUT2D eigenvalue weighted by Gasteiger charge is 2.21. The topological polar surface area (TPSA) is 46.3 Å². The van der Waals surface area contributed by atoms with E-state index < -0.39 is 0 Å². The zero-order valence-electron chi connectivity index (χ0n) is 12.0. The molecule has 1 aromatic heterocycles. The Morgan fingerprint density at radius 2 is 1.67 bits per heavy atom. The summed E-state index contributed by atoms with van der Waals surface area (Å²) in [6.45, 7) is 0. The van der Waals surface area contributed by atoms with Crippen LogP contribution in [0.5, 0.6) is 0 Å². The van der Waals surface area contributed by atoms with Crippen LogP contribution in [0, 0.1) is 0 Å². The molecule has 2 aromatic carbocycles. The van der Waals surface area contributed by atoms with E-state index in [0.29, 0.717) is 16.8 Å². The van der Waals surface area contributed by atoms with E-state index in [-0.39, 0.29) is 11.7 Å². The molecule has 21 heavy (non-hydrogen) atoms. The normalized spacial score (nSPS) is 12.7. The Morgan fingerprint density at radius 1 is 1.00 bits per heavy atom. The predicted molar refractivity (Wildman–Crippen MR) is 82.3 cm³/mol. The number of fused-ring (bicyclic) bond motifs is 1. The van der Waals surface area contributed by atoms with Gasteiger partial charge in [0.1, 0.15) is 6.04 Å². The first kappa shape index (κ1) is 13.5. The molecule has 1 heterocycles. The molecule has 1 unspecified atom stereocenters. The summed E-state index contributed by atoms with van der Waals surface area (Å²) in [7, 11) is 3.88. The lowest BCUT2D eigenvalue weighted by molar-refractivity contribution is 0.276. The van der Waals surface area contributed by atoms with Crippen molar-refractivity contribution in [2.75, 3.05) is 14.1 Å². The summed E-state index contributed by atoms with van der Waals surface area (Å²) in [5.41, 5.74) is 1.35. The van der Waals surface area contributed by atoms with Crippen molar-refractivity contribution in [3.05, 3.63) is 76.5 Å². The quantitative estimate of drug-likeness (QED) is 0.740. The Labute approximate surface area is 122 Å². The highest BCUT2D eigenvalue weighted by Crippen LogP contribution is 2.25. The summed E-state index contributed by atoms with van der Waals surface area (Å²) < 4.78 is 5.46. The number of aromatic nitrogens is 1. The highest BCUT2D eigenvalue weighted by atomic mass is 16.4. The molecule has 0 bridgehead atoms. The van der Waals surface area contributed by atoms with Crippen molar-refractivity contribution < 1.29 is 4.42 Å². The van der Waals surface area contributed by atoms with Gasteiger partial charge >= 0.3 is 5.63 Å². The largest absolute Gasteiger partial charge is 0.406 e. The molecule has 3 rings (SSSR count). The van der Waals surface area contributed by atoms with Crippen LogP contribution in [-0.2, 0) is 0 Å². The van der Waals surface area contributed by atoms with Gasteiger partial charge in [-0.2, -0.15) is 0 Å². The average Bonchev–Trinajstić information content (AvgIpc) is 2.48. The molecule has 0 aliphatic carbocycles. The van der Waals surface area contributed by atoms with E-state index in [1.54, 1.807) is 12.1 Å². The average molecular weight is 280 g/mol. The summed E-state index contributed by atoms with van der Waals surface area (Å²) in [5.74, 6) is 0.412. The summed E-state index contributed by atoms with van der Waals surface area (Å²) in [6, 6.07) is 16.9. The van der Waals surface area contributed by atoms with Crippen LogP contribution >= 0.6 is 0 Å². The molecule has 0 amide bonds. The predicted octanol–water partition coefficient (Wildman–Crippen LogP) is 2.84. The SMILES string of the molecule is CN(C)C(c1ccccc1)c1nc2ccccc2c(=O)o1. The molecule has 0 saturated heterocycles. The fraction of sp³-hybridized carbons (Fsp3) is 0.176. The summed E-state index contributed by atoms with van der Waals surface area (Å²) >= 11 is 0. The molecular weight excluding hydrogens is 264 g/mol. The van der Waals surface area contributed by atoms with Crippen molar-refractivity contribution >= 4 is 10.9 Å². The van der Waals surface area contributed by atoms with Crippen LogP contribution in [0.25, 0.3) is 10.9 Å². The van der Waals surface area contributed by atoms with Crippen molar-refractivity contribution in [2.24, 2.45) is 0 Å². The number of hydrogen-bond acceptors (Lipinski definition) is 4. The van der Waals surface area contributed by atoms with Gasteiger partial charge in [-0.15, -0.1) is 0 Å². The van der Waals surface area contributed by atoms with Crippen molar-refractivity contribution in [3.8, 4) is 0 Å². The van der Waals surface area contributed by atoms with E-state index in [1.807, 2.05) is 61.5 Å². The molecule has 4 nitrogen and oxygen atoms in total. The van der Waals surface area contributed by atoms with Gasteiger partial charge in [0.2, 0.25) is 5.89 Å². The minimum absolute atomic E-state index is 0.191. The molecule has 3 aromatic rings. The maximum atomic E-state index is 12.1. The second-order valence-corrected chi connectivity index (χ2v) is 5.13. The summed E-state index contributed by atoms with van der Waals surface area (Å²) in [6.07, 6.45) is 0. The highest BCUT2D eigenvalue weighted by molar-refractivity contribution is 5.76. The van der Waals surface area contributed by atoms with Gasteiger partial charge in [0.05, 0.1) is 10.9 Å². The van der Waals surface area contributed by atoms with Crippen LogP contribution in [0.15, 0.2) is 63.8 Å². The number of para-hydroxylation sites is 1. The molecule has 0 spiro atoms. The molecule has 1 atom stereocenters. The Bertz CT molecular complexity index is 810. The molecule has 0 saturated carbocycles. The second-order valence-electron chi connectivity index (χ2n) is 5.13. The molecule has 0 N–H and O–H groups in total. The smallest absolute Gasteiger partial charge is 0.346 e. The number of benzene rings is 2. The first-order chi connectivity index (χ1) is 10.2. The van der Waals surface area contributed by atoms with Gasteiger partial charge in [-0.1, -0.05) is 42.5 Å².